The van der Waals surface area contributed by atoms with Gasteiger partial charge in [-0.3, -0.25) is 4.79 Å². The van der Waals surface area contributed by atoms with Crippen LogP contribution in [0.3, 0.4) is 0 Å². The van der Waals surface area contributed by atoms with Gasteiger partial charge in [0.1, 0.15) is 0 Å². The summed E-state index contributed by atoms with van der Waals surface area (Å²) in [7, 11) is -0.385. The number of methoxy groups -OCH3 is 1. The van der Waals surface area contributed by atoms with E-state index in [0.717, 1.165) is 10.0 Å². The second kappa shape index (κ2) is 7.49. The van der Waals surface area contributed by atoms with Crippen LogP contribution in [0.4, 0.5) is 0 Å². The molecular formula is C18H29BrO3Si. The fourth-order valence-corrected chi connectivity index (χ4v) is 3.59. The van der Waals surface area contributed by atoms with Crippen LogP contribution < -0.4 is 0 Å². The van der Waals surface area contributed by atoms with Gasteiger partial charge in [0.2, 0.25) is 0 Å². The lowest BCUT2D eigenvalue weighted by atomic mass is 9.80. The molecule has 23 heavy (non-hydrogen) atoms. The number of esters is 1. The normalized spacial score (nSPS) is 15.1. The van der Waals surface area contributed by atoms with E-state index in [4.69, 9.17) is 9.16 Å². The summed E-state index contributed by atoms with van der Waals surface area (Å²) in [5.41, 5.74) is 0.235. The maximum absolute atomic E-state index is 12.4. The molecule has 130 valence electrons. The van der Waals surface area contributed by atoms with Crippen molar-refractivity contribution < 1.29 is 14.0 Å². The van der Waals surface area contributed by atoms with Crippen molar-refractivity contribution in [2.45, 2.75) is 57.7 Å². The highest BCUT2D eigenvalue weighted by atomic mass is 79.9. The third-order valence-corrected chi connectivity index (χ3v) is 10.0. The molecule has 0 saturated heterocycles. The maximum atomic E-state index is 12.4. The van der Waals surface area contributed by atoms with Crippen molar-refractivity contribution in [1.29, 1.82) is 0 Å². The molecule has 0 saturated carbocycles. The lowest BCUT2D eigenvalue weighted by Gasteiger charge is -2.37. The molecule has 1 atom stereocenters. The van der Waals surface area contributed by atoms with E-state index >= 15 is 0 Å². The third-order valence-electron chi connectivity index (χ3n) is 4.97. The summed E-state index contributed by atoms with van der Waals surface area (Å²) in [6.07, 6.45) is 0.600. The smallest absolute Gasteiger partial charge is 0.316 e. The Kier molecular flexibility index (Phi) is 6.64. The first kappa shape index (κ1) is 20.4. The summed E-state index contributed by atoms with van der Waals surface area (Å²) >= 11 is 3.48. The molecule has 0 heterocycles. The van der Waals surface area contributed by atoms with E-state index in [9.17, 15) is 4.79 Å². The first-order valence-corrected chi connectivity index (χ1v) is 11.6. The van der Waals surface area contributed by atoms with Crippen LogP contribution in [0.5, 0.6) is 0 Å². The van der Waals surface area contributed by atoms with Crippen LogP contribution in [0, 0.1) is 0 Å². The predicted molar refractivity (Wildman–Crippen MR) is 101 cm³/mol. The number of hydrogen-bond donors (Lipinski definition) is 0. The van der Waals surface area contributed by atoms with Gasteiger partial charge in [0, 0.05) is 11.1 Å². The Morgan fingerprint density at radius 1 is 1.22 bits per heavy atom. The van der Waals surface area contributed by atoms with Crippen molar-refractivity contribution in [3.8, 4) is 0 Å². The predicted octanol–water partition coefficient (Wildman–Crippen LogP) is 5.29. The highest BCUT2D eigenvalue weighted by Crippen LogP contribution is 2.38. The van der Waals surface area contributed by atoms with Gasteiger partial charge in [-0.05, 0) is 49.2 Å². The molecule has 0 fully saturated rings. The maximum Gasteiger partial charge on any atom is 0.316 e. The minimum atomic E-state index is -1.82. The molecule has 1 unspecified atom stereocenters. The second-order valence-corrected chi connectivity index (χ2v) is 13.4. The van der Waals surface area contributed by atoms with Crippen molar-refractivity contribution in [3.63, 3.8) is 0 Å². The highest BCUT2D eigenvalue weighted by molar-refractivity contribution is 9.10. The van der Waals surface area contributed by atoms with E-state index in [1.165, 1.54) is 7.11 Å². The molecule has 0 aliphatic heterocycles. The second-order valence-electron chi connectivity index (χ2n) is 7.69. The molecule has 1 aromatic carbocycles. The number of carbonyl (C=O) groups is 1. The van der Waals surface area contributed by atoms with Crippen LogP contribution >= 0.6 is 15.9 Å². The van der Waals surface area contributed by atoms with Crippen LogP contribution in [-0.4, -0.2) is 28.0 Å². The van der Waals surface area contributed by atoms with E-state index in [-0.39, 0.29) is 11.0 Å². The van der Waals surface area contributed by atoms with Gasteiger partial charge >= 0.3 is 5.97 Å². The zero-order valence-electron chi connectivity index (χ0n) is 15.3. The summed E-state index contributed by atoms with van der Waals surface area (Å²) in [6, 6.07) is 7.83. The molecule has 1 aromatic rings. The Balaban J connectivity index is 2.95. The molecule has 0 aromatic heterocycles. The first-order valence-electron chi connectivity index (χ1n) is 7.92. The van der Waals surface area contributed by atoms with Crippen LogP contribution in [0.15, 0.2) is 28.7 Å². The number of rotatable bonds is 6. The summed E-state index contributed by atoms with van der Waals surface area (Å²) < 4.78 is 12.3. The zero-order chi connectivity index (χ0) is 17.9. The average molecular weight is 401 g/mol. The molecular weight excluding hydrogens is 372 g/mol. The number of carbonyl (C=O) groups excluding carboxylic acids is 1. The van der Waals surface area contributed by atoms with Gasteiger partial charge in [-0.2, -0.15) is 0 Å². The molecule has 0 spiro atoms. The Morgan fingerprint density at radius 2 is 1.83 bits per heavy atom. The number of benzene rings is 1. The molecule has 0 aliphatic rings. The fraction of sp³-hybridized carbons (Fsp3) is 0.611. The van der Waals surface area contributed by atoms with E-state index in [0.29, 0.717) is 13.0 Å². The zero-order valence-corrected chi connectivity index (χ0v) is 17.9. The molecule has 0 amide bonds. The lowest BCUT2D eigenvalue weighted by molar-refractivity contribution is -0.147. The number of ether oxygens (including phenoxy) is 1. The third kappa shape index (κ3) is 4.91. The highest BCUT2D eigenvalue weighted by Gasteiger charge is 2.40. The Hall–Kier alpha value is -0.653. The van der Waals surface area contributed by atoms with Crippen LogP contribution in [0.2, 0.25) is 18.1 Å². The van der Waals surface area contributed by atoms with E-state index < -0.39 is 13.7 Å². The number of hydrogen-bond acceptors (Lipinski definition) is 3. The summed E-state index contributed by atoms with van der Waals surface area (Å²) in [5.74, 6) is -0.227. The summed E-state index contributed by atoms with van der Waals surface area (Å²) in [5, 5.41) is 0.157. The Morgan fingerprint density at radius 3 is 2.30 bits per heavy atom. The largest absolute Gasteiger partial charge is 0.468 e. The van der Waals surface area contributed by atoms with E-state index in [2.05, 4.69) is 49.8 Å². The Bertz CT molecular complexity index is 551. The van der Waals surface area contributed by atoms with E-state index in [1.807, 2.05) is 31.2 Å². The monoisotopic (exact) mass is 400 g/mol. The summed E-state index contributed by atoms with van der Waals surface area (Å²) in [4.78, 5) is 12.4. The van der Waals surface area contributed by atoms with Crippen molar-refractivity contribution in [2.75, 3.05) is 13.7 Å². The Labute approximate surface area is 150 Å². The number of halogens is 1. The van der Waals surface area contributed by atoms with Gasteiger partial charge in [0.25, 0.3) is 0 Å². The molecule has 5 heteroatoms. The molecule has 1 rings (SSSR count). The van der Waals surface area contributed by atoms with Gasteiger partial charge in [-0.25, -0.2) is 0 Å². The van der Waals surface area contributed by atoms with Crippen molar-refractivity contribution >= 4 is 30.2 Å². The molecule has 0 N–H and O–H groups in total. The van der Waals surface area contributed by atoms with Gasteiger partial charge in [0.15, 0.2) is 8.32 Å². The topological polar surface area (TPSA) is 35.5 Å². The van der Waals surface area contributed by atoms with Crippen LogP contribution in [0.25, 0.3) is 0 Å². The molecule has 0 radical (unpaired) electrons. The first-order chi connectivity index (χ1) is 10.4. The molecule has 0 aliphatic carbocycles. The van der Waals surface area contributed by atoms with Crippen molar-refractivity contribution in [2.24, 2.45) is 0 Å². The van der Waals surface area contributed by atoms with Gasteiger partial charge in [-0.15, -0.1) is 0 Å². The molecule has 3 nitrogen and oxygen atoms in total. The van der Waals surface area contributed by atoms with Crippen molar-refractivity contribution in [3.05, 3.63) is 34.3 Å². The quantitative estimate of drug-likeness (QED) is 0.480. The van der Waals surface area contributed by atoms with Crippen LogP contribution in [0.1, 0.15) is 39.7 Å². The SMILES string of the molecule is COC(=O)C(C)(CCO[Si](C)(C)C(C)(C)C)c1cccc(Br)c1. The minimum Gasteiger partial charge on any atom is -0.468 e. The average Bonchev–Trinajstić information content (AvgIpc) is 2.44. The van der Waals surface area contributed by atoms with Crippen molar-refractivity contribution in [1.82, 2.24) is 0 Å². The summed E-state index contributed by atoms with van der Waals surface area (Å²) in [6.45, 7) is 13.6. The van der Waals surface area contributed by atoms with E-state index in [1.54, 1.807) is 0 Å². The standard InChI is InChI=1S/C18H29BrO3Si/c1-17(2,3)23(6,7)22-12-11-18(4,16(20)21-5)14-9-8-10-15(19)13-14/h8-10,13H,11-12H2,1-7H3. The van der Waals surface area contributed by atoms with Gasteiger partial charge in [-0.1, -0.05) is 48.8 Å². The molecule has 0 bridgehead atoms. The lowest BCUT2D eigenvalue weighted by Crippen LogP contribution is -2.43. The van der Waals surface area contributed by atoms with Crippen LogP contribution in [-0.2, 0) is 19.4 Å². The minimum absolute atomic E-state index is 0.157. The van der Waals surface area contributed by atoms with Gasteiger partial charge in [0.05, 0.1) is 12.5 Å². The van der Waals surface area contributed by atoms with Gasteiger partial charge < -0.3 is 9.16 Å². The fourth-order valence-electron chi connectivity index (χ4n) is 2.15.